The van der Waals surface area contributed by atoms with Gasteiger partial charge in [-0.1, -0.05) is 13.3 Å². The van der Waals surface area contributed by atoms with Gasteiger partial charge in [-0.3, -0.25) is 4.79 Å². The van der Waals surface area contributed by atoms with E-state index in [1.807, 2.05) is 10.8 Å². The predicted octanol–water partition coefficient (Wildman–Crippen LogP) is 0.739. The molecule has 6 heteroatoms. The van der Waals surface area contributed by atoms with Crippen LogP contribution in [0, 0.1) is 0 Å². The third-order valence-electron chi connectivity index (χ3n) is 2.79. The molecule has 0 aliphatic rings. The van der Waals surface area contributed by atoms with Gasteiger partial charge in [0, 0.05) is 31.4 Å². The topological polar surface area (TPSA) is 76.4 Å². The molecule has 1 heterocycles. The van der Waals surface area contributed by atoms with E-state index in [9.17, 15) is 4.79 Å². The van der Waals surface area contributed by atoms with Gasteiger partial charge in [0.2, 0.25) is 5.91 Å². The van der Waals surface area contributed by atoms with Gasteiger partial charge < -0.3 is 19.7 Å². The molecule has 0 spiro atoms. The summed E-state index contributed by atoms with van der Waals surface area (Å²) in [4.78, 5) is 15.8. The second-order valence-corrected chi connectivity index (χ2v) is 4.34. The second-order valence-electron chi connectivity index (χ2n) is 4.34. The molecule has 6 nitrogen and oxygen atoms in total. The van der Waals surface area contributed by atoms with E-state index in [1.54, 1.807) is 12.5 Å². The average molecular weight is 269 g/mol. The number of carbonyl (C=O) groups is 1. The minimum Gasteiger partial charge on any atom is -0.394 e. The number of hydrogen-bond acceptors (Lipinski definition) is 4. The quantitative estimate of drug-likeness (QED) is 0.614. The molecule has 0 bridgehead atoms. The molecule has 1 amide bonds. The van der Waals surface area contributed by atoms with Crippen LogP contribution in [0.25, 0.3) is 0 Å². The molecule has 0 saturated carbocycles. The number of aliphatic hydroxyl groups is 1. The fourth-order valence-corrected chi connectivity index (χ4v) is 1.89. The van der Waals surface area contributed by atoms with Gasteiger partial charge in [0.25, 0.3) is 0 Å². The van der Waals surface area contributed by atoms with Gasteiger partial charge in [0.1, 0.15) is 0 Å². The molecule has 1 aromatic rings. The summed E-state index contributed by atoms with van der Waals surface area (Å²) >= 11 is 0. The van der Waals surface area contributed by atoms with Gasteiger partial charge in [0.05, 0.1) is 26.1 Å². The molecule has 19 heavy (non-hydrogen) atoms. The van der Waals surface area contributed by atoms with E-state index in [-0.39, 0.29) is 18.6 Å². The number of amides is 1. The van der Waals surface area contributed by atoms with Crippen molar-refractivity contribution >= 4 is 5.91 Å². The molecule has 2 N–H and O–H groups in total. The summed E-state index contributed by atoms with van der Waals surface area (Å²) < 4.78 is 7.06. The Hall–Kier alpha value is -1.40. The van der Waals surface area contributed by atoms with E-state index in [4.69, 9.17) is 9.84 Å². The lowest BCUT2D eigenvalue weighted by atomic mass is 10.1. The average Bonchev–Trinajstić information content (AvgIpc) is 2.92. The predicted molar refractivity (Wildman–Crippen MR) is 71.7 cm³/mol. The van der Waals surface area contributed by atoms with Crippen LogP contribution >= 0.6 is 0 Å². The Balaban J connectivity index is 2.28. The van der Waals surface area contributed by atoms with E-state index < -0.39 is 0 Å². The summed E-state index contributed by atoms with van der Waals surface area (Å²) in [7, 11) is 0. The Morgan fingerprint density at radius 2 is 2.37 bits per heavy atom. The zero-order chi connectivity index (χ0) is 13.9. The lowest BCUT2D eigenvalue weighted by Crippen LogP contribution is -2.29. The van der Waals surface area contributed by atoms with Crippen molar-refractivity contribution < 1.29 is 14.6 Å². The molecule has 0 aliphatic carbocycles. The lowest BCUT2D eigenvalue weighted by Gasteiger charge is -2.17. The third-order valence-corrected chi connectivity index (χ3v) is 2.79. The van der Waals surface area contributed by atoms with Crippen molar-refractivity contribution in [1.29, 1.82) is 0 Å². The highest BCUT2D eigenvalue weighted by Gasteiger charge is 2.14. The minimum absolute atomic E-state index is 0.00709. The number of nitrogens with one attached hydrogen (secondary N) is 1. The van der Waals surface area contributed by atoms with E-state index >= 15 is 0 Å². The Bertz CT molecular complexity index is 341. The van der Waals surface area contributed by atoms with Crippen molar-refractivity contribution in [1.82, 2.24) is 14.9 Å². The number of aliphatic hydroxyl groups excluding tert-OH is 1. The zero-order valence-corrected chi connectivity index (χ0v) is 11.4. The van der Waals surface area contributed by atoms with Crippen molar-refractivity contribution in [2.45, 2.75) is 32.2 Å². The molecule has 0 fully saturated rings. The van der Waals surface area contributed by atoms with Crippen molar-refractivity contribution in [3.8, 4) is 0 Å². The smallest absolute Gasteiger partial charge is 0.222 e. The molecule has 108 valence electrons. The summed E-state index contributed by atoms with van der Waals surface area (Å²) in [6.45, 7) is 3.32. The van der Waals surface area contributed by atoms with E-state index in [1.165, 1.54) is 0 Å². The highest BCUT2D eigenvalue weighted by Crippen LogP contribution is 2.17. The Labute approximate surface area is 113 Å². The second kappa shape index (κ2) is 9.52. The van der Waals surface area contributed by atoms with Gasteiger partial charge in [-0.15, -0.1) is 0 Å². The summed E-state index contributed by atoms with van der Waals surface area (Å²) in [5.41, 5.74) is 0. The van der Waals surface area contributed by atoms with Crippen molar-refractivity contribution in [2.24, 2.45) is 0 Å². The SMILES string of the molecule is CCCC(CC(=O)NCCOCCO)n1ccnc1. The first-order valence-electron chi connectivity index (χ1n) is 6.70. The first-order chi connectivity index (χ1) is 9.27. The number of ether oxygens (including phenoxy) is 1. The van der Waals surface area contributed by atoms with Gasteiger partial charge in [-0.05, 0) is 6.42 Å². The molecule has 1 atom stereocenters. The van der Waals surface area contributed by atoms with Crippen molar-refractivity contribution in [3.05, 3.63) is 18.7 Å². The maximum atomic E-state index is 11.8. The maximum absolute atomic E-state index is 11.8. The molecule has 0 aromatic carbocycles. The molecular weight excluding hydrogens is 246 g/mol. The summed E-state index contributed by atoms with van der Waals surface area (Å²) in [6, 6.07) is 0.158. The molecule has 0 radical (unpaired) electrons. The van der Waals surface area contributed by atoms with Crippen LogP contribution in [0.1, 0.15) is 32.2 Å². The Morgan fingerprint density at radius 3 is 3.00 bits per heavy atom. The fraction of sp³-hybridized carbons (Fsp3) is 0.692. The van der Waals surface area contributed by atoms with Crippen LogP contribution in [-0.2, 0) is 9.53 Å². The molecule has 0 aliphatic heterocycles. The van der Waals surface area contributed by atoms with E-state index in [2.05, 4.69) is 17.2 Å². The minimum atomic E-state index is 0.00709. The molecule has 1 rings (SSSR count). The number of hydrogen-bond donors (Lipinski definition) is 2. The number of carbonyl (C=O) groups excluding carboxylic acids is 1. The molecular formula is C13H23N3O3. The molecule has 1 unspecified atom stereocenters. The number of imidazole rings is 1. The van der Waals surface area contributed by atoms with Gasteiger partial charge in [0.15, 0.2) is 0 Å². The van der Waals surface area contributed by atoms with Crippen LogP contribution in [0.5, 0.6) is 0 Å². The highest BCUT2D eigenvalue weighted by molar-refractivity contribution is 5.76. The first-order valence-corrected chi connectivity index (χ1v) is 6.70. The van der Waals surface area contributed by atoms with Crippen LogP contribution < -0.4 is 5.32 Å². The van der Waals surface area contributed by atoms with Crippen LogP contribution in [0.4, 0.5) is 0 Å². The fourth-order valence-electron chi connectivity index (χ4n) is 1.89. The monoisotopic (exact) mass is 269 g/mol. The number of aromatic nitrogens is 2. The number of rotatable bonds is 10. The largest absolute Gasteiger partial charge is 0.394 e. The van der Waals surface area contributed by atoms with Crippen molar-refractivity contribution in [2.75, 3.05) is 26.4 Å². The van der Waals surface area contributed by atoms with Crippen LogP contribution in [0.15, 0.2) is 18.7 Å². The van der Waals surface area contributed by atoms with Gasteiger partial charge in [-0.2, -0.15) is 0 Å². The lowest BCUT2D eigenvalue weighted by molar-refractivity contribution is -0.122. The zero-order valence-electron chi connectivity index (χ0n) is 11.4. The van der Waals surface area contributed by atoms with Crippen LogP contribution in [0.3, 0.4) is 0 Å². The molecule has 1 aromatic heterocycles. The Kier molecular flexibility index (Phi) is 7.84. The molecule has 0 saturated heterocycles. The van der Waals surface area contributed by atoms with Crippen molar-refractivity contribution in [3.63, 3.8) is 0 Å². The van der Waals surface area contributed by atoms with Gasteiger partial charge >= 0.3 is 0 Å². The maximum Gasteiger partial charge on any atom is 0.222 e. The van der Waals surface area contributed by atoms with Crippen LogP contribution in [-0.4, -0.2) is 46.9 Å². The van der Waals surface area contributed by atoms with E-state index in [0.717, 1.165) is 12.8 Å². The standard InChI is InChI=1S/C13H23N3O3/c1-2-3-12(16-6-4-14-11-16)10-13(18)15-5-8-19-9-7-17/h4,6,11-12,17H,2-3,5,7-10H2,1H3,(H,15,18). The Morgan fingerprint density at radius 1 is 1.53 bits per heavy atom. The third kappa shape index (κ3) is 6.35. The van der Waals surface area contributed by atoms with E-state index in [0.29, 0.717) is 26.2 Å². The summed E-state index contributed by atoms with van der Waals surface area (Å²) in [5, 5.41) is 11.4. The number of nitrogens with zero attached hydrogens (tertiary/aromatic N) is 2. The van der Waals surface area contributed by atoms with Gasteiger partial charge in [-0.25, -0.2) is 4.98 Å². The normalized spacial score (nSPS) is 12.3. The summed E-state index contributed by atoms with van der Waals surface area (Å²) in [5.74, 6) is 0.0137. The van der Waals surface area contributed by atoms with Crippen LogP contribution in [0.2, 0.25) is 0 Å². The summed E-state index contributed by atoms with van der Waals surface area (Å²) in [6.07, 6.45) is 7.78. The first kappa shape index (κ1) is 15.7. The highest BCUT2D eigenvalue weighted by atomic mass is 16.5.